The zero-order valence-corrected chi connectivity index (χ0v) is 6.02. The van der Waals surface area contributed by atoms with Crippen molar-refractivity contribution in [3.63, 3.8) is 0 Å². The first-order valence-electron chi connectivity index (χ1n) is 3.51. The van der Waals surface area contributed by atoms with Crippen LogP contribution in [0.25, 0.3) is 0 Å². The van der Waals surface area contributed by atoms with Crippen LogP contribution in [0, 0.1) is 6.20 Å². The lowest BCUT2D eigenvalue weighted by Gasteiger charge is -2.12. The van der Waals surface area contributed by atoms with Gasteiger partial charge in [-0.3, -0.25) is 4.68 Å². The van der Waals surface area contributed by atoms with Crippen LogP contribution >= 0.6 is 0 Å². The van der Waals surface area contributed by atoms with Gasteiger partial charge in [-0.1, -0.05) is 0 Å². The Kier molecular flexibility index (Phi) is 1.24. The molecule has 0 spiro atoms. The lowest BCUT2D eigenvalue weighted by Crippen LogP contribution is -2.24. The van der Waals surface area contributed by atoms with Gasteiger partial charge in [0.2, 0.25) is 0 Å². The highest BCUT2D eigenvalue weighted by Crippen LogP contribution is 2.10. The summed E-state index contributed by atoms with van der Waals surface area (Å²) in [4.78, 5) is 0. The zero-order chi connectivity index (χ0) is 6.97. The second-order valence-electron chi connectivity index (χ2n) is 2.59. The summed E-state index contributed by atoms with van der Waals surface area (Å²) in [6.45, 7) is 2.00. The normalized spacial score (nSPS) is 16.9. The standard InChI is InChI=1S/C7H10N3/c1-10-7-2-3-8-4-6(7)5-9-10/h8H,2-4H2,1H3. The minimum atomic E-state index is 0.934. The van der Waals surface area contributed by atoms with Crippen LogP contribution in [0.1, 0.15) is 11.3 Å². The summed E-state index contributed by atoms with van der Waals surface area (Å²) in [7, 11) is 1.97. The first kappa shape index (κ1) is 5.92. The molecule has 0 aromatic carbocycles. The Labute approximate surface area is 60.0 Å². The van der Waals surface area contributed by atoms with Crippen molar-refractivity contribution in [3.05, 3.63) is 17.5 Å². The fraction of sp³-hybridized carbons (Fsp3) is 0.571. The molecule has 1 aliphatic rings. The molecule has 0 atom stereocenters. The molecule has 3 nitrogen and oxygen atoms in total. The van der Waals surface area contributed by atoms with Crippen molar-refractivity contribution in [3.8, 4) is 0 Å². The monoisotopic (exact) mass is 136 g/mol. The molecule has 0 saturated carbocycles. The topological polar surface area (TPSA) is 29.9 Å². The Morgan fingerprint density at radius 2 is 2.60 bits per heavy atom. The predicted octanol–water partition coefficient (Wildman–Crippen LogP) is -0.134. The Morgan fingerprint density at radius 3 is 3.40 bits per heavy atom. The SMILES string of the molecule is Cn1n[c]c2c1CCNC2. The van der Waals surface area contributed by atoms with Crippen LogP contribution in [0.2, 0.25) is 0 Å². The molecule has 1 aromatic rings. The molecule has 2 heterocycles. The highest BCUT2D eigenvalue weighted by molar-refractivity contribution is 5.18. The maximum atomic E-state index is 4.05. The van der Waals surface area contributed by atoms with Gasteiger partial charge in [0.1, 0.15) is 6.20 Å². The van der Waals surface area contributed by atoms with E-state index in [-0.39, 0.29) is 0 Å². The average molecular weight is 136 g/mol. The molecule has 1 radical (unpaired) electrons. The van der Waals surface area contributed by atoms with Gasteiger partial charge in [0.15, 0.2) is 0 Å². The van der Waals surface area contributed by atoms with E-state index in [0.717, 1.165) is 19.5 Å². The van der Waals surface area contributed by atoms with Crippen molar-refractivity contribution in [2.45, 2.75) is 13.0 Å². The van der Waals surface area contributed by atoms with E-state index in [0.29, 0.717) is 0 Å². The third kappa shape index (κ3) is 0.743. The Morgan fingerprint density at radius 1 is 1.70 bits per heavy atom. The predicted molar refractivity (Wildman–Crippen MR) is 37.5 cm³/mol. The van der Waals surface area contributed by atoms with Crippen LogP contribution in [0.5, 0.6) is 0 Å². The van der Waals surface area contributed by atoms with Crippen LogP contribution in [0.4, 0.5) is 0 Å². The number of fused-ring (bicyclic) bond motifs is 1. The number of aryl methyl sites for hydroxylation is 1. The van der Waals surface area contributed by atoms with Gasteiger partial charge in [0, 0.05) is 37.8 Å². The van der Waals surface area contributed by atoms with Gasteiger partial charge in [-0.15, -0.1) is 0 Å². The molecule has 1 aromatic heterocycles. The summed E-state index contributed by atoms with van der Waals surface area (Å²) in [6, 6.07) is 0. The second-order valence-corrected chi connectivity index (χ2v) is 2.59. The van der Waals surface area contributed by atoms with Crippen molar-refractivity contribution >= 4 is 0 Å². The summed E-state index contributed by atoms with van der Waals surface area (Å²) in [6.07, 6.45) is 4.06. The van der Waals surface area contributed by atoms with Crippen molar-refractivity contribution in [1.29, 1.82) is 0 Å². The fourth-order valence-corrected chi connectivity index (χ4v) is 1.33. The molecule has 53 valence electrons. The lowest BCUT2D eigenvalue weighted by atomic mass is 10.1. The molecular formula is C7H10N3. The number of hydrogen-bond acceptors (Lipinski definition) is 2. The third-order valence-electron chi connectivity index (χ3n) is 1.91. The second kappa shape index (κ2) is 2.09. The maximum absolute atomic E-state index is 4.05. The largest absolute Gasteiger partial charge is 0.312 e. The van der Waals surface area contributed by atoms with Gasteiger partial charge in [-0.25, -0.2) is 0 Å². The summed E-state index contributed by atoms with van der Waals surface area (Å²) < 4.78 is 1.91. The summed E-state index contributed by atoms with van der Waals surface area (Å²) >= 11 is 0. The van der Waals surface area contributed by atoms with E-state index in [9.17, 15) is 0 Å². The smallest absolute Gasteiger partial charge is 0.118 e. The number of hydrogen-bond donors (Lipinski definition) is 1. The van der Waals surface area contributed by atoms with Crippen molar-refractivity contribution in [2.24, 2.45) is 7.05 Å². The molecule has 0 fully saturated rings. The highest BCUT2D eigenvalue weighted by Gasteiger charge is 2.11. The van der Waals surface area contributed by atoms with Crippen LogP contribution in [-0.4, -0.2) is 16.3 Å². The molecular weight excluding hydrogens is 126 g/mol. The Hall–Kier alpha value is -0.830. The van der Waals surface area contributed by atoms with Crippen LogP contribution in [-0.2, 0) is 20.0 Å². The molecule has 0 bridgehead atoms. The summed E-state index contributed by atoms with van der Waals surface area (Å²) in [5.41, 5.74) is 2.56. The molecule has 1 aliphatic heterocycles. The Bertz CT molecular complexity index is 239. The number of nitrogens with zero attached hydrogens (tertiary/aromatic N) is 2. The van der Waals surface area contributed by atoms with E-state index in [1.165, 1.54) is 11.3 Å². The summed E-state index contributed by atoms with van der Waals surface area (Å²) in [5, 5.41) is 7.32. The molecule has 0 amide bonds. The lowest BCUT2D eigenvalue weighted by molar-refractivity contribution is 0.604. The van der Waals surface area contributed by atoms with E-state index in [1.807, 2.05) is 11.7 Å². The molecule has 1 N–H and O–H groups in total. The number of nitrogens with one attached hydrogen (secondary N) is 1. The van der Waals surface area contributed by atoms with Gasteiger partial charge in [0.25, 0.3) is 0 Å². The van der Waals surface area contributed by atoms with E-state index in [1.54, 1.807) is 0 Å². The van der Waals surface area contributed by atoms with Gasteiger partial charge >= 0.3 is 0 Å². The number of aromatic nitrogens is 2. The summed E-state index contributed by atoms with van der Waals surface area (Å²) in [5.74, 6) is 0. The van der Waals surface area contributed by atoms with Crippen LogP contribution < -0.4 is 5.32 Å². The van der Waals surface area contributed by atoms with E-state index in [4.69, 9.17) is 0 Å². The van der Waals surface area contributed by atoms with E-state index < -0.39 is 0 Å². The fourth-order valence-electron chi connectivity index (χ4n) is 1.33. The van der Waals surface area contributed by atoms with E-state index >= 15 is 0 Å². The van der Waals surface area contributed by atoms with Gasteiger partial charge in [0.05, 0.1) is 0 Å². The van der Waals surface area contributed by atoms with Gasteiger partial charge in [-0.2, -0.15) is 5.10 Å². The van der Waals surface area contributed by atoms with Crippen molar-refractivity contribution in [1.82, 2.24) is 15.1 Å². The van der Waals surface area contributed by atoms with Gasteiger partial charge < -0.3 is 5.32 Å². The van der Waals surface area contributed by atoms with Gasteiger partial charge in [-0.05, 0) is 0 Å². The Balaban J connectivity index is 2.45. The maximum Gasteiger partial charge on any atom is 0.118 e. The average Bonchev–Trinajstić information content (AvgIpc) is 2.34. The van der Waals surface area contributed by atoms with Crippen LogP contribution in [0.3, 0.4) is 0 Å². The quantitative estimate of drug-likeness (QED) is 0.538. The first-order valence-corrected chi connectivity index (χ1v) is 3.51. The van der Waals surface area contributed by atoms with Crippen molar-refractivity contribution < 1.29 is 0 Å². The van der Waals surface area contributed by atoms with Crippen molar-refractivity contribution in [2.75, 3.05) is 6.54 Å². The number of rotatable bonds is 0. The minimum absolute atomic E-state index is 0.934. The highest BCUT2D eigenvalue weighted by atomic mass is 15.3. The zero-order valence-electron chi connectivity index (χ0n) is 6.02. The van der Waals surface area contributed by atoms with Crippen LogP contribution in [0.15, 0.2) is 0 Å². The third-order valence-corrected chi connectivity index (χ3v) is 1.91. The van der Waals surface area contributed by atoms with E-state index in [2.05, 4.69) is 16.6 Å². The molecule has 0 saturated heterocycles. The minimum Gasteiger partial charge on any atom is -0.312 e. The molecule has 10 heavy (non-hydrogen) atoms. The molecule has 0 unspecified atom stereocenters. The molecule has 2 rings (SSSR count). The molecule has 3 heteroatoms. The molecule has 0 aliphatic carbocycles. The first-order chi connectivity index (χ1) is 4.88.